The van der Waals surface area contributed by atoms with Gasteiger partial charge in [-0.3, -0.25) is 9.89 Å². The number of hydrogen-bond acceptors (Lipinski definition) is 4. The molecule has 18 heavy (non-hydrogen) atoms. The first-order valence-electron chi connectivity index (χ1n) is 5.98. The average molecular weight is 243 g/mol. The highest BCUT2D eigenvalue weighted by molar-refractivity contribution is 5.68. The molecule has 2 aromatic rings. The van der Waals surface area contributed by atoms with Crippen LogP contribution in [0.5, 0.6) is 0 Å². The molecule has 0 saturated carbocycles. The smallest absolute Gasteiger partial charge is 0.272 e. The number of fused-ring (bicyclic) bond motifs is 1. The summed E-state index contributed by atoms with van der Waals surface area (Å²) in [6, 6.07) is 3.61. The summed E-state index contributed by atoms with van der Waals surface area (Å²) in [5.74, 6) is 0.713. The standard InChI is InChI=1S/C12H13N5O/c1-8-6-10(18)17-11(14-8)9(7-13)12(15-17)16-4-2-3-5-16/h6,15H,2-5H2,1H3. The predicted molar refractivity (Wildman–Crippen MR) is 66.7 cm³/mol. The van der Waals surface area contributed by atoms with E-state index in [1.54, 1.807) is 6.92 Å². The molecule has 0 bridgehead atoms. The molecule has 3 rings (SSSR count). The molecule has 0 aromatic carbocycles. The molecule has 2 aromatic heterocycles. The molecule has 92 valence electrons. The summed E-state index contributed by atoms with van der Waals surface area (Å²) in [5.41, 5.74) is 1.32. The molecule has 0 unspecified atom stereocenters. The molecule has 6 heteroatoms. The van der Waals surface area contributed by atoms with Crippen molar-refractivity contribution in [1.82, 2.24) is 14.6 Å². The summed E-state index contributed by atoms with van der Waals surface area (Å²) >= 11 is 0. The maximum absolute atomic E-state index is 11.9. The van der Waals surface area contributed by atoms with Crippen molar-refractivity contribution in [1.29, 1.82) is 5.26 Å². The van der Waals surface area contributed by atoms with Crippen molar-refractivity contribution in [3.63, 3.8) is 0 Å². The largest absolute Gasteiger partial charge is 0.356 e. The maximum atomic E-state index is 11.9. The van der Waals surface area contributed by atoms with E-state index in [0.717, 1.165) is 25.9 Å². The fourth-order valence-corrected chi connectivity index (χ4v) is 2.41. The van der Waals surface area contributed by atoms with E-state index in [-0.39, 0.29) is 5.56 Å². The number of nitriles is 1. The number of nitrogens with zero attached hydrogens (tertiary/aromatic N) is 4. The molecule has 0 radical (unpaired) electrons. The third kappa shape index (κ3) is 1.48. The van der Waals surface area contributed by atoms with Gasteiger partial charge in [-0.05, 0) is 19.8 Å². The van der Waals surface area contributed by atoms with E-state index < -0.39 is 0 Å². The van der Waals surface area contributed by atoms with E-state index in [4.69, 9.17) is 0 Å². The number of H-pyrrole nitrogens is 1. The van der Waals surface area contributed by atoms with Crippen LogP contribution in [0, 0.1) is 18.3 Å². The number of nitrogens with one attached hydrogen (secondary N) is 1. The van der Waals surface area contributed by atoms with Gasteiger partial charge in [0.1, 0.15) is 17.5 Å². The van der Waals surface area contributed by atoms with E-state index in [1.807, 2.05) is 0 Å². The third-order valence-corrected chi connectivity index (χ3v) is 3.26. The molecule has 1 saturated heterocycles. The second-order valence-electron chi connectivity index (χ2n) is 4.54. The zero-order chi connectivity index (χ0) is 12.7. The van der Waals surface area contributed by atoms with Crippen LogP contribution in [0.2, 0.25) is 0 Å². The van der Waals surface area contributed by atoms with Gasteiger partial charge in [-0.1, -0.05) is 0 Å². The maximum Gasteiger partial charge on any atom is 0.272 e. The highest BCUT2D eigenvalue weighted by atomic mass is 16.1. The van der Waals surface area contributed by atoms with E-state index in [2.05, 4.69) is 21.1 Å². The molecule has 6 nitrogen and oxygen atoms in total. The zero-order valence-electron chi connectivity index (χ0n) is 10.1. The highest BCUT2D eigenvalue weighted by Crippen LogP contribution is 2.24. The molecule has 1 aliphatic rings. The predicted octanol–water partition coefficient (Wildman–Crippen LogP) is 0.803. The lowest BCUT2D eigenvalue weighted by atomic mass is 10.3. The molecule has 3 heterocycles. The summed E-state index contributed by atoms with van der Waals surface area (Å²) in [7, 11) is 0. The number of aromatic amines is 1. The molecular weight excluding hydrogens is 230 g/mol. The van der Waals surface area contributed by atoms with Crippen LogP contribution in [-0.2, 0) is 0 Å². The van der Waals surface area contributed by atoms with Crippen molar-refractivity contribution in [2.75, 3.05) is 18.0 Å². The van der Waals surface area contributed by atoms with Gasteiger partial charge in [-0.2, -0.15) is 9.78 Å². The lowest BCUT2D eigenvalue weighted by molar-refractivity contribution is 0.852. The second kappa shape index (κ2) is 3.88. The quantitative estimate of drug-likeness (QED) is 0.803. The summed E-state index contributed by atoms with van der Waals surface area (Å²) in [5, 5.41) is 12.3. The molecule has 0 spiro atoms. The number of aryl methyl sites for hydroxylation is 1. The van der Waals surface area contributed by atoms with Gasteiger partial charge in [-0.25, -0.2) is 4.98 Å². The van der Waals surface area contributed by atoms with Crippen molar-refractivity contribution in [2.24, 2.45) is 0 Å². The molecule has 0 atom stereocenters. The monoisotopic (exact) mass is 243 g/mol. The van der Waals surface area contributed by atoms with E-state index in [9.17, 15) is 10.1 Å². The van der Waals surface area contributed by atoms with Crippen LogP contribution in [0.4, 0.5) is 5.82 Å². The van der Waals surface area contributed by atoms with Crippen molar-refractivity contribution in [3.05, 3.63) is 27.7 Å². The second-order valence-corrected chi connectivity index (χ2v) is 4.54. The Labute approximate surface area is 103 Å². The van der Waals surface area contributed by atoms with Crippen molar-refractivity contribution >= 4 is 11.5 Å². The summed E-state index contributed by atoms with van der Waals surface area (Å²) < 4.78 is 1.35. The number of anilines is 1. The van der Waals surface area contributed by atoms with Crippen LogP contribution in [0.25, 0.3) is 5.65 Å². The van der Waals surface area contributed by atoms with Crippen molar-refractivity contribution < 1.29 is 0 Å². The summed E-state index contributed by atoms with van der Waals surface area (Å²) in [6.07, 6.45) is 2.23. The van der Waals surface area contributed by atoms with Gasteiger partial charge < -0.3 is 4.90 Å². The Morgan fingerprint density at radius 3 is 2.83 bits per heavy atom. The SMILES string of the molecule is Cc1cc(=O)n2[nH]c(N3CCCC3)c(C#N)c2n1. The van der Waals surface area contributed by atoms with Crippen LogP contribution in [0.15, 0.2) is 10.9 Å². The average Bonchev–Trinajstić information content (AvgIpc) is 2.93. The summed E-state index contributed by atoms with van der Waals surface area (Å²) in [4.78, 5) is 18.2. The minimum Gasteiger partial charge on any atom is -0.356 e. The fourth-order valence-electron chi connectivity index (χ4n) is 2.41. The van der Waals surface area contributed by atoms with Crippen LogP contribution >= 0.6 is 0 Å². The Bertz CT molecular complexity index is 700. The van der Waals surface area contributed by atoms with E-state index >= 15 is 0 Å². The van der Waals surface area contributed by atoms with Crippen LogP contribution in [-0.4, -0.2) is 27.7 Å². The molecule has 0 amide bonds. The molecule has 1 N–H and O–H groups in total. The van der Waals surface area contributed by atoms with Crippen molar-refractivity contribution in [2.45, 2.75) is 19.8 Å². The number of aromatic nitrogens is 3. The fraction of sp³-hybridized carbons (Fsp3) is 0.417. The van der Waals surface area contributed by atoms with Gasteiger partial charge in [0.05, 0.1) is 0 Å². The van der Waals surface area contributed by atoms with Gasteiger partial charge in [0, 0.05) is 24.8 Å². The van der Waals surface area contributed by atoms with Gasteiger partial charge in [0.15, 0.2) is 5.65 Å². The Balaban J connectivity index is 2.30. The first kappa shape index (κ1) is 10.8. The first-order chi connectivity index (χ1) is 8.70. The zero-order valence-corrected chi connectivity index (χ0v) is 10.1. The molecular formula is C12H13N5O. The minimum absolute atomic E-state index is 0.181. The molecule has 1 fully saturated rings. The Morgan fingerprint density at radius 1 is 1.44 bits per heavy atom. The summed E-state index contributed by atoms with van der Waals surface area (Å²) in [6.45, 7) is 3.58. The topological polar surface area (TPSA) is 77.2 Å². The highest BCUT2D eigenvalue weighted by Gasteiger charge is 2.21. The minimum atomic E-state index is -0.181. The lowest BCUT2D eigenvalue weighted by Crippen LogP contribution is -2.20. The molecule has 0 aliphatic carbocycles. The van der Waals surface area contributed by atoms with Gasteiger partial charge in [0.2, 0.25) is 0 Å². The van der Waals surface area contributed by atoms with Crippen LogP contribution in [0.3, 0.4) is 0 Å². The third-order valence-electron chi connectivity index (χ3n) is 3.26. The number of hydrogen-bond donors (Lipinski definition) is 1. The van der Waals surface area contributed by atoms with Gasteiger partial charge in [-0.15, -0.1) is 0 Å². The normalized spacial score (nSPS) is 15.2. The van der Waals surface area contributed by atoms with Crippen LogP contribution < -0.4 is 10.5 Å². The van der Waals surface area contributed by atoms with Crippen molar-refractivity contribution in [3.8, 4) is 6.07 Å². The van der Waals surface area contributed by atoms with Gasteiger partial charge >= 0.3 is 0 Å². The van der Waals surface area contributed by atoms with E-state index in [1.165, 1.54) is 10.6 Å². The number of rotatable bonds is 1. The first-order valence-corrected chi connectivity index (χ1v) is 5.98. The lowest BCUT2D eigenvalue weighted by Gasteiger charge is -2.14. The molecule has 1 aliphatic heterocycles. The Morgan fingerprint density at radius 2 is 2.17 bits per heavy atom. The van der Waals surface area contributed by atoms with Crippen LogP contribution in [0.1, 0.15) is 24.1 Å². The van der Waals surface area contributed by atoms with Gasteiger partial charge in [0.25, 0.3) is 5.56 Å². The Kier molecular flexibility index (Phi) is 2.33. The Hall–Kier alpha value is -2.29. The van der Waals surface area contributed by atoms with E-state index in [0.29, 0.717) is 22.7 Å².